The van der Waals surface area contributed by atoms with Gasteiger partial charge < -0.3 is 11.1 Å². The average molecular weight is 272 g/mol. The van der Waals surface area contributed by atoms with Crippen molar-refractivity contribution in [2.24, 2.45) is 7.05 Å². The number of rotatable bonds is 4. The van der Waals surface area contributed by atoms with Crippen LogP contribution in [0.1, 0.15) is 50.8 Å². The summed E-state index contributed by atoms with van der Waals surface area (Å²) in [5.41, 5.74) is 10.2. The molecular weight excluding hydrogens is 248 g/mol. The lowest BCUT2D eigenvalue weighted by Crippen LogP contribution is -2.01. The van der Waals surface area contributed by atoms with Crippen molar-refractivity contribution in [2.75, 3.05) is 11.1 Å². The van der Waals surface area contributed by atoms with Gasteiger partial charge in [0, 0.05) is 12.7 Å². The summed E-state index contributed by atoms with van der Waals surface area (Å²) in [6.45, 7) is 8.58. The topological polar surface area (TPSA) is 55.9 Å². The molecule has 0 aliphatic rings. The van der Waals surface area contributed by atoms with Gasteiger partial charge in [0.25, 0.3) is 0 Å². The Bertz CT molecular complexity index is 579. The Hall–Kier alpha value is -1.97. The lowest BCUT2D eigenvalue weighted by molar-refractivity contribution is 0.718. The van der Waals surface area contributed by atoms with Crippen molar-refractivity contribution in [3.05, 3.63) is 35.5 Å². The molecule has 0 aliphatic carbocycles. The van der Waals surface area contributed by atoms with Crippen LogP contribution in [0.2, 0.25) is 0 Å². The van der Waals surface area contributed by atoms with Gasteiger partial charge in [-0.05, 0) is 29.5 Å². The highest BCUT2D eigenvalue weighted by molar-refractivity contribution is 5.71. The van der Waals surface area contributed by atoms with Crippen LogP contribution >= 0.6 is 0 Å². The van der Waals surface area contributed by atoms with E-state index in [4.69, 9.17) is 5.73 Å². The summed E-state index contributed by atoms with van der Waals surface area (Å²) in [6, 6.07) is 8.44. The number of nitrogens with two attached hydrogens (primary N) is 1. The number of anilines is 3. The van der Waals surface area contributed by atoms with Crippen molar-refractivity contribution in [3.8, 4) is 0 Å². The Balaban J connectivity index is 2.26. The first-order chi connectivity index (χ1) is 9.40. The average Bonchev–Trinajstić information content (AvgIpc) is 2.67. The number of aromatic nitrogens is 2. The predicted molar refractivity (Wildman–Crippen MR) is 85.5 cm³/mol. The number of hydrogen-bond donors (Lipinski definition) is 2. The summed E-state index contributed by atoms with van der Waals surface area (Å²) in [5, 5.41) is 7.84. The van der Waals surface area contributed by atoms with Gasteiger partial charge in [-0.1, -0.05) is 39.8 Å². The molecule has 0 bridgehead atoms. The molecule has 4 heteroatoms. The minimum absolute atomic E-state index is 0.320. The van der Waals surface area contributed by atoms with E-state index in [0.717, 1.165) is 22.9 Å². The quantitative estimate of drug-likeness (QED) is 0.884. The molecule has 0 saturated heterocycles. The van der Waals surface area contributed by atoms with Crippen molar-refractivity contribution in [1.29, 1.82) is 0 Å². The largest absolute Gasteiger partial charge is 0.394 e. The maximum absolute atomic E-state index is 6.19. The first kappa shape index (κ1) is 14.4. The molecule has 1 aromatic carbocycles. The van der Waals surface area contributed by atoms with Gasteiger partial charge in [0.15, 0.2) is 5.82 Å². The number of nitrogen functional groups attached to an aromatic ring is 1. The summed E-state index contributed by atoms with van der Waals surface area (Å²) >= 11 is 0. The monoisotopic (exact) mass is 272 g/mol. The lowest BCUT2D eigenvalue weighted by atomic mass is 10.0. The molecule has 0 fully saturated rings. The van der Waals surface area contributed by atoms with Gasteiger partial charge in [-0.25, -0.2) is 0 Å². The van der Waals surface area contributed by atoms with E-state index in [9.17, 15) is 0 Å². The number of benzene rings is 1. The molecule has 0 atom stereocenters. The van der Waals surface area contributed by atoms with Gasteiger partial charge in [-0.2, -0.15) is 5.10 Å². The van der Waals surface area contributed by atoms with Crippen LogP contribution in [0.4, 0.5) is 17.2 Å². The summed E-state index contributed by atoms with van der Waals surface area (Å²) in [6.07, 6.45) is 0. The van der Waals surface area contributed by atoms with Crippen molar-refractivity contribution >= 4 is 17.2 Å². The number of aryl methyl sites for hydroxylation is 1. The van der Waals surface area contributed by atoms with Crippen molar-refractivity contribution in [1.82, 2.24) is 9.78 Å². The Morgan fingerprint density at radius 1 is 1.05 bits per heavy atom. The summed E-state index contributed by atoms with van der Waals surface area (Å²) in [4.78, 5) is 0. The van der Waals surface area contributed by atoms with Crippen molar-refractivity contribution in [2.45, 2.75) is 39.5 Å². The highest BCUT2D eigenvalue weighted by Gasteiger charge is 2.15. The predicted octanol–water partition coefficient (Wildman–Crippen LogP) is 3.99. The molecule has 0 amide bonds. The highest BCUT2D eigenvalue weighted by atomic mass is 15.3. The number of nitrogens with zero attached hydrogens (tertiary/aromatic N) is 2. The summed E-state index contributed by atoms with van der Waals surface area (Å²) < 4.78 is 1.81. The normalized spacial score (nSPS) is 11.3. The molecule has 3 N–H and O–H groups in total. The molecule has 0 aliphatic heterocycles. The van der Waals surface area contributed by atoms with Crippen LogP contribution in [0.15, 0.2) is 24.3 Å². The molecule has 108 valence electrons. The maximum atomic E-state index is 6.19. The Morgan fingerprint density at radius 2 is 1.65 bits per heavy atom. The standard InChI is InChI=1S/C16H24N4/c1-10(2)12-6-8-13(9-7-12)18-16-14(17)15(11(3)4)19-20(16)5/h6-11,18H,17H2,1-5H3. The zero-order chi connectivity index (χ0) is 14.9. The van der Waals surface area contributed by atoms with Gasteiger partial charge in [0.05, 0.1) is 11.4 Å². The molecule has 1 aromatic heterocycles. The number of nitrogens with one attached hydrogen (secondary N) is 1. The Labute approximate surface area is 121 Å². The molecule has 0 spiro atoms. The van der Waals surface area contributed by atoms with Gasteiger partial charge in [0.2, 0.25) is 0 Å². The molecule has 1 heterocycles. The second-order valence-electron chi connectivity index (χ2n) is 5.83. The minimum atomic E-state index is 0.320. The van der Waals surface area contributed by atoms with E-state index in [2.05, 4.69) is 62.4 Å². The molecule has 4 nitrogen and oxygen atoms in total. The zero-order valence-corrected chi connectivity index (χ0v) is 12.9. The van der Waals surface area contributed by atoms with Gasteiger partial charge in [-0.3, -0.25) is 4.68 Å². The second-order valence-corrected chi connectivity index (χ2v) is 5.83. The van der Waals surface area contributed by atoms with E-state index in [1.54, 1.807) is 4.68 Å². The minimum Gasteiger partial charge on any atom is -0.394 e. The van der Waals surface area contributed by atoms with E-state index in [1.165, 1.54) is 5.56 Å². The van der Waals surface area contributed by atoms with E-state index in [0.29, 0.717) is 11.8 Å². The third-order valence-electron chi connectivity index (χ3n) is 3.50. The fourth-order valence-corrected chi connectivity index (χ4v) is 2.22. The first-order valence-corrected chi connectivity index (χ1v) is 7.09. The Kier molecular flexibility index (Phi) is 4.02. The molecule has 0 radical (unpaired) electrons. The fourth-order valence-electron chi connectivity index (χ4n) is 2.22. The smallest absolute Gasteiger partial charge is 0.152 e. The Morgan fingerprint density at radius 3 is 2.10 bits per heavy atom. The van der Waals surface area contributed by atoms with Crippen LogP contribution in [0.3, 0.4) is 0 Å². The number of hydrogen-bond acceptors (Lipinski definition) is 3. The zero-order valence-electron chi connectivity index (χ0n) is 12.9. The molecular formula is C16H24N4. The first-order valence-electron chi connectivity index (χ1n) is 7.09. The van der Waals surface area contributed by atoms with Crippen LogP contribution in [0, 0.1) is 0 Å². The molecule has 2 aromatic rings. The van der Waals surface area contributed by atoms with Crippen LogP contribution in [0.25, 0.3) is 0 Å². The van der Waals surface area contributed by atoms with Crippen LogP contribution in [-0.2, 0) is 7.05 Å². The van der Waals surface area contributed by atoms with E-state index >= 15 is 0 Å². The van der Waals surface area contributed by atoms with E-state index < -0.39 is 0 Å². The van der Waals surface area contributed by atoms with Gasteiger partial charge in [-0.15, -0.1) is 0 Å². The molecule has 2 rings (SSSR count). The van der Waals surface area contributed by atoms with Crippen LogP contribution in [0.5, 0.6) is 0 Å². The van der Waals surface area contributed by atoms with E-state index in [-0.39, 0.29) is 0 Å². The van der Waals surface area contributed by atoms with Gasteiger partial charge in [0.1, 0.15) is 0 Å². The lowest BCUT2D eigenvalue weighted by Gasteiger charge is -2.10. The van der Waals surface area contributed by atoms with Gasteiger partial charge >= 0.3 is 0 Å². The third kappa shape index (κ3) is 2.79. The third-order valence-corrected chi connectivity index (χ3v) is 3.50. The van der Waals surface area contributed by atoms with Crippen molar-refractivity contribution < 1.29 is 0 Å². The summed E-state index contributed by atoms with van der Waals surface area (Å²) in [5.74, 6) is 1.71. The molecule has 20 heavy (non-hydrogen) atoms. The van der Waals surface area contributed by atoms with Crippen LogP contribution < -0.4 is 11.1 Å². The maximum Gasteiger partial charge on any atom is 0.152 e. The van der Waals surface area contributed by atoms with Crippen molar-refractivity contribution in [3.63, 3.8) is 0 Å². The summed E-state index contributed by atoms with van der Waals surface area (Å²) in [7, 11) is 1.91. The highest BCUT2D eigenvalue weighted by Crippen LogP contribution is 2.30. The van der Waals surface area contributed by atoms with E-state index in [1.807, 2.05) is 7.05 Å². The fraction of sp³-hybridized carbons (Fsp3) is 0.438. The van der Waals surface area contributed by atoms with Crippen LogP contribution in [-0.4, -0.2) is 9.78 Å². The second kappa shape index (κ2) is 5.57. The molecule has 0 unspecified atom stereocenters. The SMILES string of the molecule is CC(C)c1ccc(Nc2c(N)c(C(C)C)nn2C)cc1. The molecule has 0 saturated carbocycles.